The van der Waals surface area contributed by atoms with Gasteiger partial charge >= 0.3 is 6.18 Å². The number of para-hydroxylation sites is 1. The summed E-state index contributed by atoms with van der Waals surface area (Å²) in [7, 11) is 1.25. The van der Waals surface area contributed by atoms with E-state index in [2.05, 4.69) is 10.4 Å². The molecular weight excluding hydrogens is 359 g/mol. The third-order valence-corrected chi connectivity index (χ3v) is 4.34. The van der Waals surface area contributed by atoms with Gasteiger partial charge in [-0.15, -0.1) is 0 Å². The molecule has 1 aliphatic heterocycles. The van der Waals surface area contributed by atoms with Crippen molar-refractivity contribution in [2.75, 3.05) is 13.2 Å². The van der Waals surface area contributed by atoms with Crippen molar-refractivity contribution in [1.29, 1.82) is 0 Å². The molecular formula is C16H15ClF3N3O2. The lowest BCUT2D eigenvalue weighted by Gasteiger charge is -2.25. The van der Waals surface area contributed by atoms with E-state index >= 15 is 0 Å². The number of nitrogens with one attached hydrogen (secondary N) is 1. The molecule has 0 saturated carbocycles. The fourth-order valence-electron chi connectivity index (χ4n) is 2.77. The minimum absolute atomic E-state index is 0.0212. The van der Waals surface area contributed by atoms with Gasteiger partial charge in [0.25, 0.3) is 5.91 Å². The highest BCUT2D eigenvalue weighted by atomic mass is 35.5. The molecule has 0 unspecified atom stereocenters. The second kappa shape index (κ2) is 6.59. The van der Waals surface area contributed by atoms with Gasteiger partial charge in [0.2, 0.25) is 0 Å². The average molecular weight is 374 g/mol. The molecule has 25 heavy (non-hydrogen) atoms. The summed E-state index contributed by atoms with van der Waals surface area (Å²) < 4.78 is 44.9. The van der Waals surface area contributed by atoms with E-state index in [-0.39, 0.29) is 18.2 Å². The van der Waals surface area contributed by atoms with Gasteiger partial charge < -0.3 is 10.1 Å². The molecule has 0 fully saturated rings. The summed E-state index contributed by atoms with van der Waals surface area (Å²) in [5.74, 6) is 0.136. The van der Waals surface area contributed by atoms with Gasteiger partial charge in [0.1, 0.15) is 16.5 Å². The molecule has 1 aromatic heterocycles. The minimum Gasteiger partial charge on any atom is -0.493 e. The number of aryl methyl sites for hydroxylation is 1. The van der Waals surface area contributed by atoms with E-state index in [1.54, 1.807) is 0 Å². The number of rotatable bonds is 3. The van der Waals surface area contributed by atoms with Crippen LogP contribution < -0.4 is 10.1 Å². The number of aromatic nitrogens is 2. The van der Waals surface area contributed by atoms with Crippen molar-refractivity contribution in [3.63, 3.8) is 0 Å². The third-order valence-electron chi connectivity index (χ3n) is 3.98. The molecule has 0 spiro atoms. The third kappa shape index (κ3) is 3.58. The molecule has 1 atom stereocenters. The number of carbonyl (C=O) groups excluding carboxylic acids is 1. The molecule has 0 radical (unpaired) electrons. The smallest absolute Gasteiger partial charge is 0.436 e. The molecule has 0 aliphatic carbocycles. The van der Waals surface area contributed by atoms with Crippen molar-refractivity contribution in [2.24, 2.45) is 13.0 Å². The van der Waals surface area contributed by atoms with Crippen molar-refractivity contribution in [2.45, 2.75) is 12.6 Å². The zero-order valence-corrected chi connectivity index (χ0v) is 14.0. The number of ether oxygens (including phenoxy) is 1. The Morgan fingerprint density at radius 2 is 2.16 bits per heavy atom. The molecule has 2 aromatic rings. The molecule has 9 heteroatoms. The fourth-order valence-corrected chi connectivity index (χ4v) is 3.12. The maximum absolute atomic E-state index is 12.8. The SMILES string of the molecule is Cn1nc(C(F)(F)F)c(Cl)c1C(=O)NC[C@@H]1COc2ccccc2C1. The Labute approximate surface area is 146 Å². The van der Waals surface area contributed by atoms with Crippen LogP contribution in [0.15, 0.2) is 24.3 Å². The van der Waals surface area contributed by atoms with E-state index in [1.165, 1.54) is 7.05 Å². The van der Waals surface area contributed by atoms with Crippen LogP contribution in [0.5, 0.6) is 5.75 Å². The highest BCUT2D eigenvalue weighted by Crippen LogP contribution is 2.35. The predicted octanol–water partition coefficient (Wildman–Crippen LogP) is 3.07. The lowest BCUT2D eigenvalue weighted by molar-refractivity contribution is -0.141. The maximum Gasteiger partial charge on any atom is 0.436 e. The van der Waals surface area contributed by atoms with Crippen LogP contribution in [0, 0.1) is 5.92 Å². The molecule has 1 N–H and O–H groups in total. The predicted molar refractivity (Wildman–Crippen MR) is 84.7 cm³/mol. The zero-order chi connectivity index (χ0) is 18.2. The molecule has 5 nitrogen and oxygen atoms in total. The van der Waals surface area contributed by atoms with Crippen molar-refractivity contribution < 1.29 is 22.7 Å². The maximum atomic E-state index is 12.8. The summed E-state index contributed by atoms with van der Waals surface area (Å²) in [6.07, 6.45) is -4.00. The number of fused-ring (bicyclic) bond motifs is 1. The van der Waals surface area contributed by atoms with Crippen LogP contribution in [0.2, 0.25) is 5.02 Å². The molecule has 1 aliphatic rings. The fraction of sp³-hybridized carbons (Fsp3) is 0.375. The van der Waals surface area contributed by atoms with Crippen LogP contribution in [0.25, 0.3) is 0 Å². The van der Waals surface area contributed by atoms with E-state index in [9.17, 15) is 18.0 Å². The Morgan fingerprint density at radius 1 is 1.44 bits per heavy atom. The highest BCUT2D eigenvalue weighted by Gasteiger charge is 2.39. The minimum atomic E-state index is -4.71. The molecule has 0 bridgehead atoms. The first-order chi connectivity index (χ1) is 11.8. The number of alkyl halides is 3. The number of hydrogen-bond donors (Lipinski definition) is 1. The molecule has 134 valence electrons. The standard InChI is InChI=1S/C16H15ClF3N3O2/c1-23-13(12(17)14(22-23)16(18,19)20)15(24)21-7-9-6-10-4-2-3-5-11(10)25-8-9/h2-5,9H,6-8H2,1H3,(H,21,24)/t9-/m1/s1. The Hall–Kier alpha value is -2.22. The van der Waals surface area contributed by atoms with Crippen LogP contribution in [0.3, 0.4) is 0 Å². The Morgan fingerprint density at radius 3 is 2.84 bits per heavy atom. The second-order valence-electron chi connectivity index (χ2n) is 5.83. The van der Waals surface area contributed by atoms with E-state index in [1.807, 2.05) is 24.3 Å². The quantitative estimate of drug-likeness (QED) is 0.899. The van der Waals surface area contributed by atoms with E-state index in [0.717, 1.165) is 16.0 Å². The largest absolute Gasteiger partial charge is 0.493 e. The average Bonchev–Trinajstić information content (AvgIpc) is 2.87. The first-order valence-electron chi connectivity index (χ1n) is 7.56. The number of hydrogen-bond acceptors (Lipinski definition) is 3. The van der Waals surface area contributed by atoms with Crippen molar-refractivity contribution in [3.8, 4) is 5.75 Å². The summed E-state index contributed by atoms with van der Waals surface area (Å²) in [6.45, 7) is 0.681. The van der Waals surface area contributed by atoms with Crippen LogP contribution in [-0.4, -0.2) is 28.8 Å². The normalized spacial score (nSPS) is 16.9. The molecule has 2 heterocycles. The topological polar surface area (TPSA) is 56.2 Å². The van der Waals surface area contributed by atoms with Gasteiger partial charge in [0, 0.05) is 19.5 Å². The highest BCUT2D eigenvalue weighted by molar-refractivity contribution is 6.34. The van der Waals surface area contributed by atoms with Gasteiger partial charge in [-0.05, 0) is 18.1 Å². The van der Waals surface area contributed by atoms with E-state index in [0.29, 0.717) is 13.0 Å². The van der Waals surface area contributed by atoms with Crippen LogP contribution in [-0.2, 0) is 19.6 Å². The summed E-state index contributed by atoms with van der Waals surface area (Å²) in [5, 5.41) is 5.22. The van der Waals surface area contributed by atoms with Gasteiger partial charge in [-0.25, -0.2) is 0 Å². The molecule has 1 aromatic carbocycles. The van der Waals surface area contributed by atoms with Crippen LogP contribution >= 0.6 is 11.6 Å². The Kier molecular flexibility index (Phi) is 4.64. The Bertz CT molecular complexity index is 804. The molecule has 1 amide bonds. The second-order valence-corrected chi connectivity index (χ2v) is 6.21. The summed E-state index contributed by atoms with van der Waals surface area (Å²) >= 11 is 5.71. The van der Waals surface area contributed by atoms with Gasteiger partial charge in [-0.2, -0.15) is 18.3 Å². The van der Waals surface area contributed by atoms with Crippen molar-refractivity contribution >= 4 is 17.5 Å². The number of carbonyl (C=O) groups is 1. The number of halogens is 4. The van der Waals surface area contributed by atoms with Gasteiger partial charge in [0.05, 0.1) is 6.61 Å². The van der Waals surface area contributed by atoms with Gasteiger partial charge in [-0.3, -0.25) is 9.48 Å². The first-order valence-corrected chi connectivity index (χ1v) is 7.93. The monoisotopic (exact) mass is 373 g/mol. The van der Waals surface area contributed by atoms with Gasteiger partial charge in [0.15, 0.2) is 5.69 Å². The number of amides is 1. The van der Waals surface area contributed by atoms with E-state index < -0.39 is 22.8 Å². The molecule has 0 saturated heterocycles. The van der Waals surface area contributed by atoms with Crippen LogP contribution in [0.1, 0.15) is 21.7 Å². The summed E-state index contributed by atoms with van der Waals surface area (Å²) in [6, 6.07) is 7.59. The zero-order valence-electron chi connectivity index (χ0n) is 13.2. The number of nitrogens with zero attached hydrogens (tertiary/aromatic N) is 2. The first kappa shape index (κ1) is 17.6. The van der Waals surface area contributed by atoms with E-state index in [4.69, 9.17) is 16.3 Å². The van der Waals surface area contributed by atoms with Crippen molar-refractivity contribution in [3.05, 3.63) is 46.2 Å². The number of benzene rings is 1. The summed E-state index contributed by atoms with van der Waals surface area (Å²) in [5.41, 5.74) is -0.547. The summed E-state index contributed by atoms with van der Waals surface area (Å²) in [4.78, 5) is 12.3. The van der Waals surface area contributed by atoms with Crippen LogP contribution in [0.4, 0.5) is 13.2 Å². The van der Waals surface area contributed by atoms with Gasteiger partial charge in [-0.1, -0.05) is 29.8 Å². The van der Waals surface area contributed by atoms with Crippen molar-refractivity contribution in [1.82, 2.24) is 15.1 Å². The lowest BCUT2D eigenvalue weighted by atomic mass is 9.97. The Balaban J connectivity index is 1.67. The lowest BCUT2D eigenvalue weighted by Crippen LogP contribution is -2.35. The molecule has 3 rings (SSSR count).